The fourth-order valence-electron chi connectivity index (χ4n) is 3.95. The highest BCUT2D eigenvalue weighted by Gasteiger charge is 2.34. The number of hydrogen-bond donors (Lipinski definition) is 0. The van der Waals surface area contributed by atoms with Crippen LogP contribution in [0.5, 0.6) is 0 Å². The minimum absolute atomic E-state index is 0.207. The zero-order chi connectivity index (χ0) is 21.6. The van der Waals surface area contributed by atoms with Gasteiger partial charge in [0.1, 0.15) is 0 Å². The summed E-state index contributed by atoms with van der Waals surface area (Å²) in [4.78, 5) is 0.327. The lowest BCUT2D eigenvalue weighted by Crippen LogP contribution is -2.36. The van der Waals surface area contributed by atoms with Gasteiger partial charge in [0.2, 0.25) is 15.9 Å². The van der Waals surface area contributed by atoms with Gasteiger partial charge >= 0.3 is 0 Å². The van der Waals surface area contributed by atoms with Crippen LogP contribution in [0.2, 0.25) is 0 Å². The number of benzene rings is 2. The number of rotatable bonds is 4. The molecule has 0 saturated carbocycles. The molecule has 1 aliphatic heterocycles. The highest BCUT2D eigenvalue weighted by Crippen LogP contribution is 2.33. The summed E-state index contributed by atoms with van der Waals surface area (Å²) in [7, 11) is -1.78. The molecule has 9 heteroatoms. The monoisotopic (exact) mass is 435 g/mol. The lowest BCUT2D eigenvalue weighted by molar-refractivity contribution is 0.385. The van der Waals surface area contributed by atoms with Gasteiger partial charge in [0.25, 0.3) is 5.89 Å². The predicted octanol–water partition coefficient (Wildman–Crippen LogP) is 3.19. The second-order valence-electron chi connectivity index (χ2n) is 7.53. The lowest BCUT2D eigenvalue weighted by atomic mass is 10.1. The van der Waals surface area contributed by atoms with E-state index in [-0.39, 0.29) is 12.4 Å². The molecule has 4 aromatic rings. The smallest absolute Gasteiger partial charge is 0.268 e. The van der Waals surface area contributed by atoms with Crippen molar-refractivity contribution in [1.29, 1.82) is 0 Å². The maximum absolute atomic E-state index is 13.3. The van der Waals surface area contributed by atoms with Crippen molar-refractivity contribution in [3.05, 3.63) is 71.4 Å². The maximum atomic E-state index is 13.3. The van der Waals surface area contributed by atoms with Gasteiger partial charge in [-0.05, 0) is 30.7 Å². The number of aryl methyl sites for hydroxylation is 2. The van der Waals surface area contributed by atoms with E-state index >= 15 is 0 Å². The van der Waals surface area contributed by atoms with E-state index < -0.39 is 10.0 Å². The van der Waals surface area contributed by atoms with Crippen molar-refractivity contribution in [2.75, 3.05) is 6.54 Å². The van der Waals surface area contributed by atoms with Gasteiger partial charge in [-0.15, -0.1) is 10.2 Å². The topological polar surface area (TPSA) is 94.1 Å². The van der Waals surface area contributed by atoms with E-state index in [1.54, 1.807) is 29.8 Å². The molecule has 0 radical (unpaired) electrons. The summed E-state index contributed by atoms with van der Waals surface area (Å²) in [5, 5.41) is 12.9. The quantitative estimate of drug-likeness (QED) is 0.489. The molecule has 31 heavy (non-hydrogen) atoms. The molecule has 0 aliphatic carbocycles. The standard InChI is InChI=1S/C22H21N5O3S/c1-15-8-6-7-11-19(15)31(28,29)27-13-12-18-17(14-27)20(25-26(18)2)22-24-23-21(30-22)16-9-4-3-5-10-16/h3-11H,12-14H2,1-2H3. The number of nitrogens with zero attached hydrogens (tertiary/aromatic N) is 5. The summed E-state index contributed by atoms with van der Waals surface area (Å²) in [6, 6.07) is 16.5. The molecule has 0 spiro atoms. The number of fused-ring (bicyclic) bond motifs is 1. The molecule has 2 aromatic carbocycles. The molecule has 2 aromatic heterocycles. The van der Waals surface area contributed by atoms with E-state index in [1.165, 1.54) is 4.31 Å². The lowest BCUT2D eigenvalue weighted by Gasteiger charge is -2.27. The summed E-state index contributed by atoms with van der Waals surface area (Å²) >= 11 is 0. The van der Waals surface area contributed by atoms with E-state index in [2.05, 4.69) is 15.3 Å². The van der Waals surface area contributed by atoms with Gasteiger partial charge in [0, 0.05) is 43.4 Å². The number of aromatic nitrogens is 4. The van der Waals surface area contributed by atoms with Crippen LogP contribution >= 0.6 is 0 Å². The van der Waals surface area contributed by atoms with Crippen molar-refractivity contribution < 1.29 is 12.8 Å². The van der Waals surface area contributed by atoms with Crippen molar-refractivity contribution in [2.24, 2.45) is 7.05 Å². The molecule has 0 saturated heterocycles. The molecule has 3 heterocycles. The van der Waals surface area contributed by atoms with E-state index in [0.29, 0.717) is 29.4 Å². The first-order valence-corrected chi connectivity index (χ1v) is 11.4. The second kappa shape index (κ2) is 7.44. The van der Waals surface area contributed by atoms with Crippen LogP contribution in [0, 0.1) is 6.92 Å². The largest absolute Gasteiger partial charge is 0.415 e. The summed E-state index contributed by atoms with van der Waals surface area (Å²) < 4.78 is 35.8. The van der Waals surface area contributed by atoms with Crippen molar-refractivity contribution in [2.45, 2.75) is 24.8 Å². The number of hydrogen-bond acceptors (Lipinski definition) is 6. The molecule has 0 N–H and O–H groups in total. The molecule has 0 unspecified atom stereocenters. The minimum Gasteiger partial charge on any atom is -0.415 e. The molecule has 0 fully saturated rings. The summed E-state index contributed by atoms with van der Waals surface area (Å²) in [6.45, 7) is 2.40. The van der Waals surface area contributed by atoms with Crippen LogP contribution in [0.25, 0.3) is 23.0 Å². The third-order valence-corrected chi connectivity index (χ3v) is 7.57. The molecule has 1 aliphatic rings. The fourth-order valence-corrected chi connectivity index (χ4v) is 5.58. The predicted molar refractivity (Wildman–Crippen MR) is 114 cm³/mol. The van der Waals surface area contributed by atoms with Gasteiger partial charge in [0.15, 0.2) is 5.69 Å². The van der Waals surface area contributed by atoms with Crippen LogP contribution in [0.4, 0.5) is 0 Å². The number of sulfonamides is 1. The van der Waals surface area contributed by atoms with Crippen LogP contribution < -0.4 is 0 Å². The second-order valence-corrected chi connectivity index (χ2v) is 9.44. The molecule has 0 amide bonds. The highest BCUT2D eigenvalue weighted by atomic mass is 32.2. The first kappa shape index (κ1) is 19.7. The van der Waals surface area contributed by atoms with E-state index in [0.717, 1.165) is 22.4 Å². The van der Waals surface area contributed by atoms with Crippen LogP contribution in [-0.2, 0) is 30.0 Å². The van der Waals surface area contributed by atoms with Crippen LogP contribution in [0.3, 0.4) is 0 Å². The van der Waals surface area contributed by atoms with Crippen molar-refractivity contribution in [3.63, 3.8) is 0 Å². The normalized spacial score (nSPS) is 14.5. The maximum Gasteiger partial charge on any atom is 0.268 e. The van der Waals surface area contributed by atoms with Gasteiger partial charge in [-0.2, -0.15) is 9.40 Å². The van der Waals surface area contributed by atoms with Crippen molar-refractivity contribution in [1.82, 2.24) is 24.3 Å². The minimum atomic E-state index is -3.63. The Morgan fingerprint density at radius 3 is 2.45 bits per heavy atom. The Balaban J connectivity index is 1.52. The molecule has 0 bridgehead atoms. The molecule has 0 atom stereocenters. The molecule has 158 valence electrons. The summed E-state index contributed by atoms with van der Waals surface area (Å²) in [5.74, 6) is 0.682. The van der Waals surface area contributed by atoms with E-state index in [9.17, 15) is 8.42 Å². The van der Waals surface area contributed by atoms with Crippen molar-refractivity contribution in [3.8, 4) is 23.0 Å². The summed E-state index contributed by atoms with van der Waals surface area (Å²) in [6.07, 6.45) is 0.559. The van der Waals surface area contributed by atoms with Crippen LogP contribution in [-0.4, -0.2) is 39.2 Å². The van der Waals surface area contributed by atoms with Gasteiger partial charge < -0.3 is 4.42 Å². The first-order chi connectivity index (χ1) is 14.9. The summed E-state index contributed by atoms with van der Waals surface area (Å²) in [5.41, 5.74) is 3.84. The fraction of sp³-hybridized carbons (Fsp3) is 0.227. The third kappa shape index (κ3) is 3.35. The third-order valence-electron chi connectivity index (χ3n) is 5.57. The molecular formula is C22H21N5O3S. The van der Waals surface area contributed by atoms with Gasteiger partial charge in [-0.3, -0.25) is 4.68 Å². The van der Waals surface area contributed by atoms with Crippen LogP contribution in [0.1, 0.15) is 16.8 Å². The van der Waals surface area contributed by atoms with Crippen LogP contribution in [0.15, 0.2) is 63.9 Å². The van der Waals surface area contributed by atoms with E-state index in [1.807, 2.05) is 43.4 Å². The molecule has 5 rings (SSSR count). The Morgan fingerprint density at radius 1 is 0.968 bits per heavy atom. The van der Waals surface area contributed by atoms with Gasteiger partial charge in [-0.1, -0.05) is 36.4 Å². The molecular weight excluding hydrogens is 414 g/mol. The Bertz CT molecular complexity index is 1360. The van der Waals surface area contributed by atoms with E-state index in [4.69, 9.17) is 4.42 Å². The van der Waals surface area contributed by atoms with Gasteiger partial charge in [0.05, 0.1) is 4.90 Å². The Morgan fingerprint density at radius 2 is 1.68 bits per heavy atom. The zero-order valence-electron chi connectivity index (χ0n) is 17.2. The highest BCUT2D eigenvalue weighted by molar-refractivity contribution is 7.89. The SMILES string of the molecule is Cc1ccccc1S(=O)(=O)N1CCc2c(c(-c3nnc(-c4ccccc4)o3)nn2C)C1. The Labute approximate surface area is 180 Å². The van der Waals surface area contributed by atoms with Crippen molar-refractivity contribution >= 4 is 10.0 Å². The molecule has 8 nitrogen and oxygen atoms in total. The first-order valence-electron chi connectivity index (χ1n) is 9.95. The zero-order valence-corrected chi connectivity index (χ0v) is 18.0. The average molecular weight is 436 g/mol. The average Bonchev–Trinajstić information content (AvgIpc) is 3.39. The Kier molecular flexibility index (Phi) is 4.71. The Hall–Kier alpha value is -3.30. The van der Waals surface area contributed by atoms with Gasteiger partial charge in [-0.25, -0.2) is 8.42 Å².